The molecule has 0 aliphatic carbocycles. The fourth-order valence-electron chi connectivity index (χ4n) is 2.01. The average Bonchev–Trinajstić information content (AvgIpc) is 2.30. The number of hydrogen-bond donors (Lipinski definition) is 0. The van der Waals surface area contributed by atoms with Gasteiger partial charge in [0.15, 0.2) is 0 Å². The monoisotopic (exact) mass is 214 g/mol. The number of anilines is 1. The predicted octanol–water partition coefficient (Wildman–Crippen LogP) is 2.04. The minimum atomic E-state index is 0.321. The quantitative estimate of drug-likeness (QED) is 0.718. The number of rotatable bonds is 1. The van der Waals surface area contributed by atoms with E-state index in [9.17, 15) is 4.79 Å². The van der Waals surface area contributed by atoms with Crippen LogP contribution in [0.3, 0.4) is 0 Å². The highest BCUT2D eigenvalue weighted by Gasteiger charge is 2.18. The second kappa shape index (κ2) is 4.36. The third-order valence-electron chi connectivity index (χ3n) is 2.93. The molecule has 0 radical (unpaired) electrons. The lowest BCUT2D eigenvalue weighted by Gasteiger charge is -2.28. The molecule has 3 nitrogen and oxygen atoms in total. The van der Waals surface area contributed by atoms with Crippen LogP contribution in [0, 0.1) is 18.3 Å². The van der Waals surface area contributed by atoms with Crippen molar-refractivity contribution >= 4 is 11.5 Å². The molecule has 1 aliphatic heterocycles. The number of carbonyl (C=O) groups excluding carboxylic acids is 1. The molecule has 3 heteroatoms. The molecule has 0 amide bonds. The molecule has 0 spiro atoms. The van der Waals surface area contributed by atoms with Crippen molar-refractivity contribution in [1.29, 1.82) is 5.26 Å². The van der Waals surface area contributed by atoms with Gasteiger partial charge in [0.25, 0.3) is 0 Å². The van der Waals surface area contributed by atoms with Gasteiger partial charge in [0.05, 0.1) is 11.3 Å². The molecule has 0 N–H and O–H groups in total. The summed E-state index contributed by atoms with van der Waals surface area (Å²) in [6.07, 6.45) is 1.19. The molecular weight excluding hydrogens is 200 g/mol. The fraction of sp³-hybridized carbons (Fsp3) is 0.385. The maximum Gasteiger partial charge on any atom is 0.136 e. The van der Waals surface area contributed by atoms with Crippen LogP contribution in [0.1, 0.15) is 24.0 Å². The zero-order valence-electron chi connectivity index (χ0n) is 9.36. The Morgan fingerprint density at radius 3 is 2.62 bits per heavy atom. The van der Waals surface area contributed by atoms with E-state index in [1.165, 1.54) is 0 Å². The van der Waals surface area contributed by atoms with Gasteiger partial charge in [0.2, 0.25) is 0 Å². The Morgan fingerprint density at radius 1 is 1.31 bits per heavy atom. The maximum atomic E-state index is 11.2. The van der Waals surface area contributed by atoms with Gasteiger partial charge in [-0.1, -0.05) is 6.07 Å². The van der Waals surface area contributed by atoms with Crippen LogP contribution < -0.4 is 4.90 Å². The molecule has 1 fully saturated rings. The summed E-state index contributed by atoms with van der Waals surface area (Å²) in [4.78, 5) is 13.3. The smallest absolute Gasteiger partial charge is 0.136 e. The van der Waals surface area contributed by atoms with Crippen molar-refractivity contribution in [2.75, 3.05) is 18.0 Å². The lowest BCUT2D eigenvalue weighted by atomic mass is 10.1. The lowest BCUT2D eigenvalue weighted by Crippen LogP contribution is -2.34. The summed E-state index contributed by atoms with van der Waals surface area (Å²) >= 11 is 0. The summed E-state index contributed by atoms with van der Waals surface area (Å²) in [5, 5.41) is 9.08. The summed E-state index contributed by atoms with van der Waals surface area (Å²) in [5.41, 5.74) is 2.75. The predicted molar refractivity (Wildman–Crippen MR) is 62.3 cm³/mol. The molecule has 1 saturated heterocycles. The van der Waals surface area contributed by atoms with Crippen LogP contribution in [0.2, 0.25) is 0 Å². The average molecular weight is 214 g/mol. The minimum Gasteiger partial charge on any atom is -0.370 e. The highest BCUT2D eigenvalue weighted by Crippen LogP contribution is 2.23. The van der Waals surface area contributed by atoms with E-state index in [0.29, 0.717) is 24.2 Å². The molecule has 0 aromatic heterocycles. The van der Waals surface area contributed by atoms with Crippen molar-refractivity contribution < 1.29 is 4.79 Å². The van der Waals surface area contributed by atoms with Gasteiger partial charge in [-0.2, -0.15) is 5.26 Å². The van der Waals surface area contributed by atoms with Gasteiger partial charge < -0.3 is 4.90 Å². The van der Waals surface area contributed by atoms with Gasteiger partial charge >= 0.3 is 0 Å². The Balaban J connectivity index is 2.27. The zero-order chi connectivity index (χ0) is 11.5. The highest BCUT2D eigenvalue weighted by atomic mass is 16.1. The van der Waals surface area contributed by atoms with Crippen LogP contribution in [0.4, 0.5) is 5.69 Å². The van der Waals surface area contributed by atoms with Crippen molar-refractivity contribution in [2.45, 2.75) is 19.8 Å². The SMILES string of the molecule is Cc1ccc(N2CCC(=O)CC2)c(C#N)c1. The van der Waals surface area contributed by atoms with Crippen molar-refractivity contribution in [3.05, 3.63) is 29.3 Å². The van der Waals surface area contributed by atoms with E-state index in [1.807, 2.05) is 25.1 Å². The fourth-order valence-corrected chi connectivity index (χ4v) is 2.01. The Kier molecular flexibility index (Phi) is 2.91. The van der Waals surface area contributed by atoms with Crippen LogP contribution in [0.15, 0.2) is 18.2 Å². The number of aryl methyl sites for hydroxylation is 1. The van der Waals surface area contributed by atoms with E-state index < -0.39 is 0 Å². The molecule has 0 unspecified atom stereocenters. The molecule has 0 atom stereocenters. The van der Waals surface area contributed by atoms with Crippen LogP contribution in [-0.2, 0) is 4.79 Å². The molecule has 1 heterocycles. The van der Waals surface area contributed by atoms with Gasteiger partial charge in [-0.25, -0.2) is 0 Å². The molecule has 1 aliphatic rings. The number of ketones is 1. The van der Waals surface area contributed by atoms with Gasteiger partial charge in [-0.3, -0.25) is 4.79 Å². The standard InChI is InChI=1S/C13H14N2O/c1-10-2-3-13(11(8-10)9-14)15-6-4-12(16)5-7-15/h2-3,8H,4-7H2,1H3. The Bertz CT molecular complexity index is 449. The minimum absolute atomic E-state index is 0.321. The summed E-state index contributed by atoms with van der Waals surface area (Å²) < 4.78 is 0. The third-order valence-corrected chi connectivity index (χ3v) is 2.93. The molecule has 16 heavy (non-hydrogen) atoms. The van der Waals surface area contributed by atoms with Gasteiger partial charge in [-0.15, -0.1) is 0 Å². The second-order valence-electron chi connectivity index (χ2n) is 4.16. The van der Waals surface area contributed by atoms with Crippen LogP contribution in [0.5, 0.6) is 0 Å². The van der Waals surface area contributed by atoms with Crippen molar-refractivity contribution in [2.24, 2.45) is 0 Å². The van der Waals surface area contributed by atoms with E-state index in [2.05, 4.69) is 11.0 Å². The molecule has 82 valence electrons. The first-order valence-electron chi connectivity index (χ1n) is 5.48. The van der Waals surface area contributed by atoms with Gasteiger partial charge in [0.1, 0.15) is 11.9 Å². The van der Waals surface area contributed by atoms with E-state index in [-0.39, 0.29) is 0 Å². The first-order valence-corrected chi connectivity index (χ1v) is 5.48. The summed E-state index contributed by atoms with van der Waals surface area (Å²) in [6, 6.07) is 8.10. The number of Topliss-reactive ketones (excluding diaryl/α,β-unsaturated/α-hetero) is 1. The number of piperidine rings is 1. The molecule has 0 saturated carbocycles. The first kappa shape index (κ1) is 10.7. The second-order valence-corrected chi connectivity index (χ2v) is 4.16. The summed E-state index contributed by atoms with van der Waals surface area (Å²) in [6.45, 7) is 3.44. The summed E-state index contributed by atoms with van der Waals surface area (Å²) in [7, 11) is 0. The van der Waals surface area contributed by atoms with E-state index >= 15 is 0 Å². The number of hydrogen-bond acceptors (Lipinski definition) is 3. The molecule has 0 bridgehead atoms. The third kappa shape index (κ3) is 2.06. The van der Waals surface area contributed by atoms with E-state index in [4.69, 9.17) is 5.26 Å². The van der Waals surface area contributed by atoms with Crippen molar-refractivity contribution in [3.63, 3.8) is 0 Å². The summed E-state index contributed by atoms with van der Waals surface area (Å²) in [5.74, 6) is 0.321. The van der Waals surface area contributed by atoms with Crippen LogP contribution in [0.25, 0.3) is 0 Å². The number of nitrogens with zero attached hydrogens (tertiary/aromatic N) is 2. The van der Waals surface area contributed by atoms with Gasteiger partial charge in [-0.05, 0) is 24.6 Å². The largest absolute Gasteiger partial charge is 0.370 e. The lowest BCUT2D eigenvalue weighted by molar-refractivity contribution is -0.119. The highest BCUT2D eigenvalue weighted by molar-refractivity contribution is 5.81. The van der Waals surface area contributed by atoms with Crippen LogP contribution >= 0.6 is 0 Å². The number of carbonyl (C=O) groups is 1. The normalized spacial score (nSPS) is 16.0. The zero-order valence-corrected chi connectivity index (χ0v) is 9.36. The first-order chi connectivity index (χ1) is 7.70. The van der Waals surface area contributed by atoms with E-state index in [1.54, 1.807) is 0 Å². The van der Waals surface area contributed by atoms with Gasteiger partial charge in [0, 0.05) is 25.9 Å². The molecule has 1 aromatic rings. The van der Waals surface area contributed by atoms with E-state index in [0.717, 1.165) is 24.3 Å². The molecule has 1 aromatic carbocycles. The molecule has 2 rings (SSSR count). The molecular formula is C13H14N2O. The van der Waals surface area contributed by atoms with Crippen molar-refractivity contribution in [1.82, 2.24) is 0 Å². The topological polar surface area (TPSA) is 44.1 Å². The maximum absolute atomic E-state index is 11.2. The number of nitriles is 1. The number of benzene rings is 1. The Labute approximate surface area is 95.3 Å². The Hall–Kier alpha value is -1.82. The van der Waals surface area contributed by atoms with Crippen molar-refractivity contribution in [3.8, 4) is 6.07 Å². The Morgan fingerprint density at radius 2 is 2.00 bits per heavy atom. The van der Waals surface area contributed by atoms with Crippen LogP contribution in [-0.4, -0.2) is 18.9 Å².